The molecule has 3 aromatic carbocycles. The molecule has 1 N–H and O–H groups in total. The number of phenolic OH excluding ortho intramolecular Hbond substituents is 1. The molecular weight excluding hydrogens is 816 g/mol. The number of carbonyl (C=O) groups excluding carboxylic acids is 4. The van der Waals surface area contributed by atoms with Crippen LogP contribution in [0.1, 0.15) is 24.3 Å². The molecule has 312 valence electrons. The summed E-state index contributed by atoms with van der Waals surface area (Å²) in [6.07, 6.45) is 1.28. The SMILES string of the molecule is COc1cc([C@H]2C3=CC[C@@H]4C(=O)N(c5cc([N+](=O)[O-])c(N(C)C)c([N+](=O)[O-])c5)C(=O)[C@@H]4[C@@H]3C[C@H]3C(=O)N(c4cc([N+](=O)[O-])c(N(C)C)c([N+](=O)[O-])c4)C(=O)[C@@H]23)cc(Cl)c1O. The van der Waals surface area contributed by atoms with Gasteiger partial charge < -0.3 is 19.6 Å². The maximum absolute atomic E-state index is 14.7. The fraction of sp³-hybridized carbons (Fsp3) is 0.351. The Morgan fingerprint density at radius 1 is 0.667 bits per heavy atom. The van der Waals surface area contributed by atoms with Gasteiger partial charge in [0, 0.05) is 58.4 Å². The van der Waals surface area contributed by atoms with Crippen LogP contribution in [0, 0.1) is 70.0 Å². The average molecular weight is 849 g/mol. The van der Waals surface area contributed by atoms with Gasteiger partial charge in [0.1, 0.15) is 0 Å². The topological polar surface area (TPSA) is 283 Å². The number of hydrogen-bond acceptors (Lipinski definition) is 16. The summed E-state index contributed by atoms with van der Waals surface area (Å²) < 4.78 is 5.33. The van der Waals surface area contributed by atoms with Gasteiger partial charge >= 0.3 is 22.7 Å². The van der Waals surface area contributed by atoms with Crippen LogP contribution in [-0.4, -0.2) is 83.7 Å². The lowest BCUT2D eigenvalue weighted by Gasteiger charge is -2.44. The van der Waals surface area contributed by atoms with Crippen LogP contribution in [0.3, 0.4) is 0 Å². The van der Waals surface area contributed by atoms with E-state index in [1.807, 2.05) is 0 Å². The van der Waals surface area contributed by atoms with Crippen LogP contribution in [0.5, 0.6) is 11.5 Å². The molecule has 0 radical (unpaired) electrons. The summed E-state index contributed by atoms with van der Waals surface area (Å²) in [5, 5.41) is 59.2. The van der Waals surface area contributed by atoms with E-state index in [1.165, 1.54) is 47.4 Å². The van der Waals surface area contributed by atoms with Crippen molar-refractivity contribution in [3.63, 3.8) is 0 Å². The lowest BCUT2D eigenvalue weighted by Crippen LogP contribution is -2.43. The standard InChI is InChI=1S/C37H33ClN8O14/c1-39(2)31-23(43(52)53)10-16(11-24(31)44(54)55)41-34(48)19-7-6-18-20(29(19)36(41)50)14-21-30(28(18)15-8-22(38)33(47)27(9-15)60-5)37(51)42(35(21)49)17-12-25(45(56)57)32(40(3)4)26(13-17)46(58)59/h6,8-13,19-21,28-30,47H,7,14H2,1-5H3/t19-,20+,21+,28-,29-,30+/m0/s1. The van der Waals surface area contributed by atoms with Gasteiger partial charge in [-0.05, 0) is 36.5 Å². The molecule has 0 aromatic heterocycles. The Balaban J connectivity index is 1.39. The predicted octanol–water partition coefficient (Wildman–Crippen LogP) is 4.86. The van der Waals surface area contributed by atoms with Crippen molar-refractivity contribution < 1.29 is 48.7 Å². The van der Waals surface area contributed by atoms with Crippen molar-refractivity contribution in [2.24, 2.45) is 29.6 Å². The summed E-state index contributed by atoms with van der Waals surface area (Å²) in [6, 6.07) is 6.25. The van der Waals surface area contributed by atoms with Gasteiger partial charge in [-0.25, -0.2) is 9.80 Å². The summed E-state index contributed by atoms with van der Waals surface area (Å²) in [6.45, 7) is 0. The molecule has 0 bridgehead atoms. The zero-order chi connectivity index (χ0) is 44.0. The number of hydrogen-bond donors (Lipinski definition) is 1. The number of benzene rings is 3. The van der Waals surface area contributed by atoms with Gasteiger partial charge in [-0.2, -0.15) is 0 Å². The van der Waals surface area contributed by atoms with E-state index < -0.39 is 124 Å². The molecule has 60 heavy (non-hydrogen) atoms. The number of nitro benzene ring substituents is 4. The molecule has 4 aliphatic rings. The monoisotopic (exact) mass is 848 g/mol. The number of anilines is 4. The minimum absolute atomic E-state index is 0.107. The Hall–Kier alpha value is -7.23. The molecule has 7 rings (SSSR count). The van der Waals surface area contributed by atoms with Crippen molar-refractivity contribution in [2.75, 3.05) is 54.9 Å². The first-order valence-corrected chi connectivity index (χ1v) is 18.4. The van der Waals surface area contributed by atoms with Crippen LogP contribution in [0.4, 0.5) is 45.5 Å². The Labute approximate surface area is 342 Å². The molecule has 2 aliphatic carbocycles. The van der Waals surface area contributed by atoms with E-state index in [2.05, 4.69) is 0 Å². The second kappa shape index (κ2) is 14.5. The number of nitro groups is 4. The van der Waals surface area contributed by atoms with E-state index in [-0.39, 0.29) is 34.9 Å². The summed E-state index contributed by atoms with van der Waals surface area (Å²) >= 11 is 6.43. The van der Waals surface area contributed by atoms with Crippen molar-refractivity contribution in [3.05, 3.63) is 99.1 Å². The first kappa shape index (κ1) is 40.9. The number of methoxy groups -OCH3 is 1. The highest BCUT2D eigenvalue weighted by atomic mass is 35.5. The fourth-order valence-corrected chi connectivity index (χ4v) is 9.53. The Kier molecular flexibility index (Phi) is 9.93. The third-order valence-electron chi connectivity index (χ3n) is 11.6. The molecule has 2 aliphatic heterocycles. The van der Waals surface area contributed by atoms with Crippen molar-refractivity contribution in [3.8, 4) is 11.5 Å². The molecular formula is C37H33ClN8O14. The van der Waals surface area contributed by atoms with E-state index >= 15 is 0 Å². The summed E-state index contributed by atoms with van der Waals surface area (Å²) in [5.41, 5.74) is -4.02. The molecule has 2 saturated heterocycles. The molecule has 3 aromatic rings. The summed E-state index contributed by atoms with van der Waals surface area (Å²) in [7, 11) is 6.63. The molecule has 0 unspecified atom stereocenters. The second-order valence-corrected chi connectivity index (χ2v) is 15.5. The highest BCUT2D eigenvalue weighted by Gasteiger charge is 2.63. The van der Waals surface area contributed by atoms with Crippen LogP contribution in [0.25, 0.3) is 0 Å². The van der Waals surface area contributed by atoms with E-state index in [4.69, 9.17) is 16.3 Å². The lowest BCUT2D eigenvalue weighted by atomic mass is 9.57. The van der Waals surface area contributed by atoms with Gasteiger partial charge in [0.05, 0.1) is 66.9 Å². The smallest absolute Gasteiger partial charge is 0.301 e. The van der Waals surface area contributed by atoms with Gasteiger partial charge in [0.2, 0.25) is 23.6 Å². The van der Waals surface area contributed by atoms with Crippen LogP contribution < -0.4 is 24.3 Å². The second-order valence-electron chi connectivity index (χ2n) is 15.1. The highest BCUT2D eigenvalue weighted by molar-refractivity contribution is 6.32. The van der Waals surface area contributed by atoms with Gasteiger partial charge in [-0.15, -0.1) is 0 Å². The third kappa shape index (κ3) is 6.08. The van der Waals surface area contributed by atoms with E-state index in [0.29, 0.717) is 15.4 Å². The summed E-state index contributed by atoms with van der Waals surface area (Å²) in [4.78, 5) is 107. The van der Waals surface area contributed by atoms with Crippen molar-refractivity contribution in [1.82, 2.24) is 0 Å². The van der Waals surface area contributed by atoms with Crippen LogP contribution in [0.2, 0.25) is 5.02 Å². The molecule has 1 saturated carbocycles. The Morgan fingerprint density at radius 3 is 1.52 bits per heavy atom. The van der Waals surface area contributed by atoms with Crippen LogP contribution in [-0.2, 0) is 19.2 Å². The van der Waals surface area contributed by atoms with E-state index in [9.17, 15) is 64.7 Å². The molecule has 4 amide bonds. The van der Waals surface area contributed by atoms with Gasteiger partial charge in [-0.3, -0.25) is 59.6 Å². The van der Waals surface area contributed by atoms with E-state index in [0.717, 1.165) is 34.1 Å². The van der Waals surface area contributed by atoms with Gasteiger partial charge in [0.15, 0.2) is 22.9 Å². The Morgan fingerprint density at radius 2 is 1.10 bits per heavy atom. The largest absolute Gasteiger partial charge is 0.503 e. The number of carbonyl (C=O) groups is 4. The fourth-order valence-electron chi connectivity index (χ4n) is 9.31. The highest BCUT2D eigenvalue weighted by Crippen LogP contribution is 2.60. The number of halogens is 1. The number of allylic oxidation sites excluding steroid dienone is 2. The molecule has 0 spiro atoms. The van der Waals surface area contributed by atoms with Crippen LogP contribution in [0.15, 0.2) is 48.0 Å². The zero-order valence-electron chi connectivity index (χ0n) is 32.1. The number of ether oxygens (including phenoxy) is 1. The third-order valence-corrected chi connectivity index (χ3v) is 11.9. The first-order chi connectivity index (χ1) is 28.2. The normalized spacial score (nSPS) is 23.1. The molecule has 2 heterocycles. The number of aromatic hydroxyl groups is 1. The first-order valence-electron chi connectivity index (χ1n) is 18.0. The van der Waals surface area contributed by atoms with Crippen LogP contribution >= 0.6 is 11.6 Å². The molecule has 6 atom stereocenters. The zero-order valence-corrected chi connectivity index (χ0v) is 32.9. The number of amides is 4. The van der Waals surface area contributed by atoms with Gasteiger partial charge in [-0.1, -0.05) is 23.3 Å². The predicted molar refractivity (Wildman–Crippen MR) is 210 cm³/mol. The van der Waals surface area contributed by atoms with Crippen molar-refractivity contribution in [2.45, 2.75) is 18.8 Å². The Bertz CT molecular complexity index is 2470. The van der Waals surface area contributed by atoms with Gasteiger partial charge in [0.25, 0.3) is 0 Å². The average Bonchev–Trinajstić information content (AvgIpc) is 3.59. The maximum Gasteiger partial charge on any atom is 0.301 e. The number of nitrogens with zero attached hydrogens (tertiary/aromatic N) is 8. The van der Waals surface area contributed by atoms with Crippen molar-refractivity contribution in [1.29, 1.82) is 0 Å². The van der Waals surface area contributed by atoms with E-state index in [1.54, 1.807) is 6.08 Å². The lowest BCUT2D eigenvalue weighted by molar-refractivity contribution is -0.392. The number of imide groups is 2. The minimum atomic E-state index is -1.30. The minimum Gasteiger partial charge on any atom is -0.503 e. The molecule has 23 heteroatoms. The number of phenols is 1. The molecule has 22 nitrogen and oxygen atoms in total. The summed E-state index contributed by atoms with van der Waals surface area (Å²) in [5.74, 6) is -11.1. The van der Waals surface area contributed by atoms with Crippen molar-refractivity contribution >= 4 is 80.7 Å². The quantitative estimate of drug-likeness (QED) is 0.123. The molecule has 3 fully saturated rings. The maximum atomic E-state index is 14.7. The number of fused-ring (bicyclic) bond motifs is 4. The number of rotatable bonds is 10.